The van der Waals surface area contributed by atoms with Gasteiger partial charge in [-0.15, -0.1) is 0 Å². The number of nitrogens with two attached hydrogens (primary N) is 1. The molecule has 1 rings (SSSR count). The van der Waals surface area contributed by atoms with Crippen LogP contribution in [0.2, 0.25) is 0 Å². The highest BCUT2D eigenvalue weighted by Crippen LogP contribution is 2.27. The first kappa shape index (κ1) is 10.5. The van der Waals surface area contributed by atoms with Crippen LogP contribution in [0.15, 0.2) is 12.1 Å². The van der Waals surface area contributed by atoms with E-state index in [9.17, 15) is 14.9 Å². The van der Waals surface area contributed by atoms with Crippen LogP contribution in [0.1, 0.15) is 15.9 Å². The fourth-order valence-electron chi connectivity index (χ4n) is 1.09. The Morgan fingerprint density at radius 2 is 2.20 bits per heavy atom. The van der Waals surface area contributed by atoms with Gasteiger partial charge in [-0.25, -0.2) is 4.79 Å². The van der Waals surface area contributed by atoms with E-state index >= 15 is 0 Å². The van der Waals surface area contributed by atoms with Crippen molar-refractivity contribution in [3.63, 3.8) is 0 Å². The molecule has 0 aromatic heterocycles. The minimum atomic E-state index is -1.47. The number of carboxylic acids is 1. The van der Waals surface area contributed by atoms with Gasteiger partial charge in [0, 0.05) is 6.07 Å². The lowest BCUT2D eigenvalue weighted by Crippen LogP contribution is -2.08. The number of nitriles is 1. The summed E-state index contributed by atoms with van der Waals surface area (Å²) in [4.78, 5) is 20.4. The van der Waals surface area contributed by atoms with Gasteiger partial charge in [0.05, 0.1) is 10.5 Å². The maximum atomic E-state index is 10.7. The molecule has 76 valence electrons. The molecule has 0 aliphatic heterocycles. The molecule has 0 saturated carbocycles. The SMILES string of the molecule is N#Cc1ccc([N+](=O)[O-])c(N)c1C(=O)O. The fourth-order valence-corrected chi connectivity index (χ4v) is 1.09. The molecule has 15 heavy (non-hydrogen) atoms. The van der Waals surface area contributed by atoms with E-state index in [-0.39, 0.29) is 5.56 Å². The maximum Gasteiger partial charge on any atom is 0.339 e. The summed E-state index contributed by atoms with van der Waals surface area (Å²) in [5, 5.41) is 27.8. The molecule has 0 heterocycles. The van der Waals surface area contributed by atoms with E-state index in [4.69, 9.17) is 16.1 Å². The van der Waals surface area contributed by atoms with Crippen LogP contribution in [0.4, 0.5) is 11.4 Å². The van der Waals surface area contributed by atoms with Gasteiger partial charge in [-0.05, 0) is 6.07 Å². The minimum Gasteiger partial charge on any atom is -0.478 e. The zero-order valence-corrected chi connectivity index (χ0v) is 7.30. The first-order valence-corrected chi connectivity index (χ1v) is 3.69. The Labute approximate surface area is 83.5 Å². The Balaban J connectivity index is 3.58. The normalized spacial score (nSPS) is 9.27. The van der Waals surface area contributed by atoms with Gasteiger partial charge in [-0.3, -0.25) is 10.1 Å². The summed E-state index contributed by atoms with van der Waals surface area (Å²) in [6, 6.07) is 3.65. The first-order chi connectivity index (χ1) is 6.99. The lowest BCUT2D eigenvalue weighted by atomic mass is 10.1. The van der Waals surface area contributed by atoms with Gasteiger partial charge >= 0.3 is 5.97 Å². The third kappa shape index (κ3) is 1.68. The predicted octanol–water partition coefficient (Wildman–Crippen LogP) is 0.747. The third-order valence-electron chi connectivity index (χ3n) is 1.75. The number of nitrogens with zero attached hydrogens (tertiary/aromatic N) is 2. The van der Waals surface area contributed by atoms with E-state index in [2.05, 4.69) is 0 Å². The van der Waals surface area contributed by atoms with E-state index in [1.54, 1.807) is 6.07 Å². The number of rotatable bonds is 2. The van der Waals surface area contributed by atoms with Crippen LogP contribution in [0.5, 0.6) is 0 Å². The van der Waals surface area contributed by atoms with Crippen molar-refractivity contribution in [2.75, 3.05) is 5.73 Å². The van der Waals surface area contributed by atoms with Crippen molar-refractivity contribution >= 4 is 17.3 Å². The van der Waals surface area contributed by atoms with E-state index in [0.717, 1.165) is 12.1 Å². The highest BCUT2D eigenvalue weighted by atomic mass is 16.6. The van der Waals surface area contributed by atoms with Gasteiger partial charge in [0.2, 0.25) is 0 Å². The van der Waals surface area contributed by atoms with Crippen LogP contribution in [0.3, 0.4) is 0 Å². The Morgan fingerprint density at radius 1 is 1.60 bits per heavy atom. The van der Waals surface area contributed by atoms with Crippen molar-refractivity contribution in [1.29, 1.82) is 5.26 Å². The van der Waals surface area contributed by atoms with E-state index < -0.39 is 27.8 Å². The monoisotopic (exact) mass is 207 g/mol. The van der Waals surface area contributed by atoms with E-state index in [0.29, 0.717) is 0 Å². The molecule has 1 aromatic carbocycles. The lowest BCUT2D eigenvalue weighted by Gasteiger charge is -2.02. The summed E-state index contributed by atoms with van der Waals surface area (Å²) in [7, 11) is 0. The number of nitro groups is 1. The summed E-state index contributed by atoms with van der Waals surface area (Å²) in [6.07, 6.45) is 0. The first-order valence-electron chi connectivity index (χ1n) is 3.69. The number of hydrogen-bond donors (Lipinski definition) is 2. The molecule has 3 N–H and O–H groups in total. The zero-order chi connectivity index (χ0) is 11.6. The average Bonchev–Trinajstić information content (AvgIpc) is 2.15. The molecule has 7 heteroatoms. The molecule has 0 radical (unpaired) electrons. The largest absolute Gasteiger partial charge is 0.478 e. The van der Waals surface area contributed by atoms with Crippen LogP contribution in [0.25, 0.3) is 0 Å². The van der Waals surface area contributed by atoms with Crippen molar-refractivity contribution < 1.29 is 14.8 Å². The molecule has 1 aromatic rings. The van der Waals surface area contributed by atoms with Crippen LogP contribution in [0, 0.1) is 21.4 Å². The highest BCUT2D eigenvalue weighted by molar-refractivity contribution is 5.98. The number of aromatic carboxylic acids is 1. The molecule has 0 unspecified atom stereocenters. The molecule has 0 aliphatic rings. The molecule has 0 spiro atoms. The van der Waals surface area contributed by atoms with E-state index in [1.165, 1.54) is 0 Å². The van der Waals surface area contributed by atoms with Gasteiger partial charge < -0.3 is 10.8 Å². The third-order valence-corrected chi connectivity index (χ3v) is 1.75. The second kappa shape index (κ2) is 3.63. The molecule has 0 saturated heterocycles. The van der Waals surface area contributed by atoms with Gasteiger partial charge in [-0.2, -0.15) is 5.26 Å². The smallest absolute Gasteiger partial charge is 0.339 e. The number of anilines is 1. The Kier molecular flexibility index (Phi) is 2.53. The van der Waals surface area contributed by atoms with Crippen molar-refractivity contribution in [1.82, 2.24) is 0 Å². The number of carbonyl (C=O) groups is 1. The number of benzene rings is 1. The summed E-state index contributed by atoms with van der Waals surface area (Å²) in [5.41, 5.74) is 3.52. The summed E-state index contributed by atoms with van der Waals surface area (Å²) in [6.45, 7) is 0. The Hall–Kier alpha value is -2.62. The van der Waals surface area contributed by atoms with Crippen molar-refractivity contribution in [3.8, 4) is 6.07 Å². The summed E-state index contributed by atoms with van der Waals surface area (Å²) in [5.74, 6) is -1.47. The standard InChI is InChI=1S/C8H5N3O4/c9-3-4-1-2-5(11(14)15)7(10)6(4)8(12)13/h1-2H,10H2,(H,12,13). The molecule has 0 fully saturated rings. The molecular formula is C8H5N3O4. The molecule has 0 bridgehead atoms. The number of carboxylic acid groups (broad SMARTS) is 1. The van der Waals surface area contributed by atoms with E-state index in [1.807, 2.05) is 0 Å². The Bertz CT molecular complexity index is 489. The van der Waals surface area contributed by atoms with Crippen molar-refractivity contribution in [2.45, 2.75) is 0 Å². The predicted molar refractivity (Wildman–Crippen MR) is 49.2 cm³/mol. The fraction of sp³-hybridized carbons (Fsp3) is 0. The van der Waals surface area contributed by atoms with Crippen LogP contribution >= 0.6 is 0 Å². The second-order valence-corrected chi connectivity index (χ2v) is 2.59. The number of nitro benzene ring substituents is 1. The van der Waals surface area contributed by atoms with Crippen molar-refractivity contribution in [3.05, 3.63) is 33.4 Å². The van der Waals surface area contributed by atoms with Crippen LogP contribution < -0.4 is 5.73 Å². The average molecular weight is 207 g/mol. The summed E-state index contributed by atoms with van der Waals surface area (Å²) >= 11 is 0. The van der Waals surface area contributed by atoms with Gasteiger partial charge in [0.15, 0.2) is 0 Å². The summed E-state index contributed by atoms with van der Waals surface area (Å²) < 4.78 is 0. The molecule has 0 aliphatic carbocycles. The van der Waals surface area contributed by atoms with Crippen molar-refractivity contribution in [2.24, 2.45) is 0 Å². The van der Waals surface area contributed by atoms with Gasteiger partial charge in [-0.1, -0.05) is 0 Å². The number of nitrogen functional groups attached to an aromatic ring is 1. The molecule has 7 nitrogen and oxygen atoms in total. The highest BCUT2D eigenvalue weighted by Gasteiger charge is 2.22. The van der Waals surface area contributed by atoms with Gasteiger partial charge in [0.25, 0.3) is 5.69 Å². The lowest BCUT2D eigenvalue weighted by molar-refractivity contribution is -0.383. The van der Waals surface area contributed by atoms with Gasteiger partial charge in [0.1, 0.15) is 17.3 Å². The number of hydrogen-bond acceptors (Lipinski definition) is 5. The Morgan fingerprint density at radius 3 is 2.60 bits per heavy atom. The van der Waals surface area contributed by atoms with Crippen LogP contribution in [-0.2, 0) is 0 Å². The molecule has 0 atom stereocenters. The van der Waals surface area contributed by atoms with Crippen LogP contribution in [-0.4, -0.2) is 16.0 Å². The molecular weight excluding hydrogens is 202 g/mol. The zero-order valence-electron chi connectivity index (χ0n) is 7.30. The minimum absolute atomic E-state index is 0.203. The maximum absolute atomic E-state index is 10.7. The second-order valence-electron chi connectivity index (χ2n) is 2.59. The quantitative estimate of drug-likeness (QED) is 0.418. The topological polar surface area (TPSA) is 130 Å². The molecule has 0 amide bonds.